The lowest BCUT2D eigenvalue weighted by Crippen LogP contribution is -2.47. The standard InChI is InChI=1S/C17H28N4/c1-14(20(2)16-3-4-16)13-19-15-7-11-21(12-8-15)17-5-9-18-10-6-17/h5-6,9-10,14-16,19H,3-4,7-8,11-13H2,1-2H3. The van der Waals surface area contributed by atoms with Crippen molar-refractivity contribution in [2.24, 2.45) is 0 Å². The maximum Gasteiger partial charge on any atom is 0.0397 e. The van der Waals surface area contributed by atoms with Crippen molar-refractivity contribution in [2.45, 2.75) is 50.7 Å². The first-order chi connectivity index (χ1) is 10.2. The van der Waals surface area contributed by atoms with Crippen LogP contribution < -0.4 is 10.2 Å². The molecule has 4 nitrogen and oxygen atoms in total. The van der Waals surface area contributed by atoms with Crippen LogP contribution in [0, 0.1) is 0 Å². The number of rotatable bonds is 6. The molecule has 0 bridgehead atoms. The molecule has 1 saturated heterocycles. The van der Waals surface area contributed by atoms with Gasteiger partial charge >= 0.3 is 0 Å². The molecule has 2 aliphatic rings. The summed E-state index contributed by atoms with van der Waals surface area (Å²) >= 11 is 0. The van der Waals surface area contributed by atoms with Gasteiger partial charge in [0.1, 0.15) is 0 Å². The number of likely N-dealkylation sites (N-methyl/N-ethyl adjacent to an activating group) is 1. The summed E-state index contributed by atoms with van der Waals surface area (Å²) in [5.74, 6) is 0. The van der Waals surface area contributed by atoms with Gasteiger partial charge in [-0.1, -0.05) is 0 Å². The fourth-order valence-corrected chi connectivity index (χ4v) is 3.22. The molecule has 1 aromatic rings. The predicted octanol–water partition coefficient (Wildman–Crippen LogP) is 2.12. The average Bonchev–Trinajstić information content (AvgIpc) is 3.38. The van der Waals surface area contributed by atoms with Crippen LogP contribution in [-0.2, 0) is 0 Å². The minimum absolute atomic E-state index is 0.649. The van der Waals surface area contributed by atoms with Crippen LogP contribution in [0.4, 0.5) is 5.69 Å². The van der Waals surface area contributed by atoms with Crippen molar-refractivity contribution in [3.8, 4) is 0 Å². The van der Waals surface area contributed by atoms with E-state index < -0.39 is 0 Å². The molecule has 1 atom stereocenters. The van der Waals surface area contributed by atoms with Gasteiger partial charge in [-0.3, -0.25) is 9.88 Å². The number of nitrogens with zero attached hydrogens (tertiary/aromatic N) is 3. The van der Waals surface area contributed by atoms with Crippen LogP contribution in [0.5, 0.6) is 0 Å². The van der Waals surface area contributed by atoms with Gasteiger partial charge in [0, 0.05) is 55.8 Å². The molecule has 0 radical (unpaired) electrons. The van der Waals surface area contributed by atoms with Crippen LogP contribution >= 0.6 is 0 Å². The molecular weight excluding hydrogens is 260 g/mol. The van der Waals surface area contributed by atoms with Crippen molar-refractivity contribution in [1.82, 2.24) is 15.2 Å². The first kappa shape index (κ1) is 14.8. The Morgan fingerprint density at radius 3 is 2.52 bits per heavy atom. The zero-order chi connectivity index (χ0) is 14.7. The van der Waals surface area contributed by atoms with Gasteiger partial charge in [-0.2, -0.15) is 0 Å². The summed E-state index contributed by atoms with van der Waals surface area (Å²) < 4.78 is 0. The van der Waals surface area contributed by atoms with E-state index >= 15 is 0 Å². The third kappa shape index (κ3) is 3.95. The second kappa shape index (κ2) is 6.75. The van der Waals surface area contributed by atoms with Gasteiger partial charge < -0.3 is 10.2 Å². The van der Waals surface area contributed by atoms with Crippen molar-refractivity contribution >= 4 is 5.69 Å². The Labute approximate surface area is 128 Å². The van der Waals surface area contributed by atoms with Crippen LogP contribution in [0.1, 0.15) is 32.6 Å². The number of aromatic nitrogens is 1. The molecule has 2 fully saturated rings. The third-order valence-corrected chi connectivity index (χ3v) is 5.04. The summed E-state index contributed by atoms with van der Waals surface area (Å²) in [5, 5.41) is 3.78. The normalized spacial score (nSPS) is 21.8. The van der Waals surface area contributed by atoms with Gasteiger partial charge in [0.2, 0.25) is 0 Å². The second-order valence-electron chi connectivity index (χ2n) is 6.62. The van der Waals surface area contributed by atoms with Crippen molar-refractivity contribution < 1.29 is 0 Å². The van der Waals surface area contributed by atoms with E-state index in [1.54, 1.807) is 0 Å². The fraction of sp³-hybridized carbons (Fsp3) is 0.706. The van der Waals surface area contributed by atoms with Crippen LogP contribution in [0.2, 0.25) is 0 Å². The minimum Gasteiger partial charge on any atom is -0.371 e. The zero-order valence-electron chi connectivity index (χ0n) is 13.3. The summed E-state index contributed by atoms with van der Waals surface area (Å²) in [5.41, 5.74) is 1.31. The molecule has 21 heavy (non-hydrogen) atoms. The first-order valence-corrected chi connectivity index (χ1v) is 8.34. The van der Waals surface area contributed by atoms with Crippen molar-refractivity contribution in [1.29, 1.82) is 0 Å². The number of hydrogen-bond acceptors (Lipinski definition) is 4. The summed E-state index contributed by atoms with van der Waals surface area (Å²) in [7, 11) is 2.27. The minimum atomic E-state index is 0.649. The summed E-state index contributed by atoms with van der Waals surface area (Å²) in [4.78, 5) is 9.11. The van der Waals surface area contributed by atoms with Crippen molar-refractivity contribution in [2.75, 3.05) is 31.6 Å². The SMILES string of the molecule is CC(CNC1CCN(c2ccncc2)CC1)N(C)C1CC1. The fourth-order valence-electron chi connectivity index (χ4n) is 3.22. The Morgan fingerprint density at radius 2 is 1.90 bits per heavy atom. The quantitative estimate of drug-likeness (QED) is 0.869. The topological polar surface area (TPSA) is 31.4 Å². The van der Waals surface area contributed by atoms with E-state index in [0.717, 1.165) is 25.7 Å². The molecule has 1 aromatic heterocycles. The Hall–Kier alpha value is -1.13. The lowest BCUT2D eigenvalue weighted by atomic mass is 10.0. The average molecular weight is 288 g/mol. The Balaban J connectivity index is 1.39. The lowest BCUT2D eigenvalue weighted by molar-refractivity contribution is 0.231. The van der Waals surface area contributed by atoms with E-state index in [2.05, 4.69) is 46.2 Å². The smallest absolute Gasteiger partial charge is 0.0397 e. The number of nitrogens with one attached hydrogen (secondary N) is 1. The highest BCUT2D eigenvalue weighted by Gasteiger charge is 2.29. The van der Waals surface area contributed by atoms with Gasteiger partial charge in [-0.15, -0.1) is 0 Å². The zero-order valence-corrected chi connectivity index (χ0v) is 13.3. The summed E-state index contributed by atoms with van der Waals surface area (Å²) in [6, 6.07) is 6.41. The first-order valence-electron chi connectivity index (χ1n) is 8.34. The molecule has 1 saturated carbocycles. The maximum atomic E-state index is 4.10. The van der Waals surface area contributed by atoms with Crippen molar-refractivity contribution in [3.63, 3.8) is 0 Å². The monoisotopic (exact) mass is 288 g/mol. The molecule has 1 aliphatic carbocycles. The van der Waals surface area contributed by atoms with E-state index in [4.69, 9.17) is 0 Å². The van der Waals surface area contributed by atoms with Gasteiger partial charge in [0.25, 0.3) is 0 Å². The molecule has 1 unspecified atom stereocenters. The van der Waals surface area contributed by atoms with Gasteiger partial charge in [0.15, 0.2) is 0 Å². The van der Waals surface area contributed by atoms with E-state index in [1.807, 2.05) is 12.4 Å². The van der Waals surface area contributed by atoms with Crippen LogP contribution in [0.25, 0.3) is 0 Å². The second-order valence-corrected chi connectivity index (χ2v) is 6.62. The summed E-state index contributed by atoms with van der Waals surface area (Å²) in [6.45, 7) is 5.76. The number of pyridine rings is 1. The Bertz CT molecular complexity index is 424. The number of piperidine rings is 1. The highest BCUT2D eigenvalue weighted by molar-refractivity contribution is 5.44. The van der Waals surface area contributed by atoms with Crippen LogP contribution in [0.3, 0.4) is 0 Å². The molecule has 116 valence electrons. The molecule has 0 amide bonds. The van der Waals surface area contributed by atoms with E-state index in [9.17, 15) is 0 Å². The lowest BCUT2D eigenvalue weighted by Gasteiger charge is -2.35. The Morgan fingerprint density at radius 1 is 1.24 bits per heavy atom. The maximum absolute atomic E-state index is 4.10. The molecular formula is C17H28N4. The molecule has 1 N–H and O–H groups in total. The summed E-state index contributed by atoms with van der Waals surface area (Å²) in [6.07, 6.45) is 9.03. The number of hydrogen-bond donors (Lipinski definition) is 1. The highest BCUT2D eigenvalue weighted by atomic mass is 15.2. The third-order valence-electron chi connectivity index (χ3n) is 5.04. The molecule has 4 heteroatoms. The van der Waals surface area contributed by atoms with Crippen molar-refractivity contribution in [3.05, 3.63) is 24.5 Å². The molecule has 3 rings (SSSR count). The van der Waals surface area contributed by atoms with Gasteiger partial charge in [0.05, 0.1) is 0 Å². The van der Waals surface area contributed by atoms with Crippen LogP contribution in [0.15, 0.2) is 24.5 Å². The van der Waals surface area contributed by atoms with E-state index in [1.165, 1.54) is 31.4 Å². The Kier molecular flexibility index (Phi) is 4.76. The molecule has 0 spiro atoms. The number of anilines is 1. The van der Waals surface area contributed by atoms with Crippen LogP contribution in [-0.4, -0.2) is 54.7 Å². The molecule has 2 heterocycles. The molecule has 1 aliphatic heterocycles. The predicted molar refractivity (Wildman–Crippen MR) is 87.7 cm³/mol. The molecule has 0 aromatic carbocycles. The highest BCUT2D eigenvalue weighted by Crippen LogP contribution is 2.26. The van der Waals surface area contributed by atoms with Gasteiger partial charge in [-0.25, -0.2) is 0 Å². The van der Waals surface area contributed by atoms with Gasteiger partial charge in [-0.05, 0) is 51.8 Å². The van der Waals surface area contributed by atoms with E-state index in [-0.39, 0.29) is 0 Å². The van der Waals surface area contributed by atoms with E-state index in [0.29, 0.717) is 12.1 Å². The largest absolute Gasteiger partial charge is 0.371 e.